The normalized spacial score (nSPS) is 46.8. The van der Waals surface area contributed by atoms with Crippen molar-refractivity contribution in [2.45, 2.75) is 68.3 Å². The summed E-state index contributed by atoms with van der Waals surface area (Å²) in [5.74, 6) is -0.542. The zero-order valence-electron chi connectivity index (χ0n) is 14.0. The van der Waals surface area contributed by atoms with Crippen LogP contribution < -0.4 is 5.32 Å². The van der Waals surface area contributed by atoms with Gasteiger partial charge in [0.25, 0.3) is 0 Å². The molecule has 0 saturated carbocycles. The van der Waals surface area contributed by atoms with Gasteiger partial charge in [-0.05, 0) is 0 Å². The van der Waals surface area contributed by atoms with E-state index in [1.165, 1.54) is 6.92 Å². The molecule has 12 heteroatoms. The minimum absolute atomic E-state index is 0.467. The number of nitrogens with one attached hydrogen (secondary N) is 1. The van der Waals surface area contributed by atoms with Crippen molar-refractivity contribution in [3.8, 4) is 0 Å². The summed E-state index contributed by atoms with van der Waals surface area (Å²) in [7, 11) is 0. The van der Waals surface area contributed by atoms with E-state index in [9.17, 15) is 35.4 Å². The molecule has 152 valence electrons. The lowest BCUT2D eigenvalue weighted by Crippen LogP contribution is -2.64. The van der Waals surface area contributed by atoms with Crippen LogP contribution in [-0.2, 0) is 19.0 Å². The lowest BCUT2D eigenvalue weighted by molar-refractivity contribution is -0.318. The summed E-state index contributed by atoms with van der Waals surface area (Å²) in [6.45, 7) is 0.0636. The van der Waals surface area contributed by atoms with Crippen molar-refractivity contribution in [3.63, 3.8) is 0 Å². The molecule has 0 radical (unpaired) electrons. The van der Waals surface area contributed by atoms with Crippen LogP contribution in [0.5, 0.6) is 0 Å². The summed E-state index contributed by atoms with van der Waals surface area (Å²) in [6.07, 6.45) is -13.4. The second-order valence-corrected chi connectivity index (χ2v) is 6.30. The minimum atomic E-state index is -1.64. The van der Waals surface area contributed by atoms with Crippen LogP contribution in [0.3, 0.4) is 0 Å². The molecule has 2 aliphatic rings. The van der Waals surface area contributed by atoms with Crippen molar-refractivity contribution in [2.75, 3.05) is 13.2 Å². The monoisotopic (exact) mass is 383 g/mol. The molecule has 2 aliphatic heterocycles. The molecular weight excluding hydrogens is 358 g/mol. The van der Waals surface area contributed by atoms with Gasteiger partial charge in [-0.15, -0.1) is 0 Å². The highest BCUT2D eigenvalue weighted by Crippen LogP contribution is 2.24. The third kappa shape index (κ3) is 4.48. The quantitative estimate of drug-likeness (QED) is 0.226. The highest BCUT2D eigenvalue weighted by molar-refractivity contribution is 5.73. The van der Waals surface area contributed by atoms with Crippen LogP contribution in [0.2, 0.25) is 0 Å². The van der Waals surface area contributed by atoms with Crippen LogP contribution in [-0.4, -0.2) is 116 Å². The summed E-state index contributed by atoms with van der Waals surface area (Å²) in [5, 5.41) is 70.6. The number of hydrogen-bond acceptors (Lipinski definition) is 11. The second kappa shape index (κ2) is 8.84. The van der Waals surface area contributed by atoms with Crippen molar-refractivity contribution in [2.24, 2.45) is 0 Å². The number of ether oxygens (including phenoxy) is 3. The summed E-state index contributed by atoms with van der Waals surface area (Å²) < 4.78 is 15.5. The zero-order chi connectivity index (χ0) is 19.6. The van der Waals surface area contributed by atoms with Gasteiger partial charge >= 0.3 is 0 Å². The number of aliphatic hydroxyl groups excluding tert-OH is 7. The highest BCUT2D eigenvalue weighted by Gasteiger charge is 2.47. The van der Waals surface area contributed by atoms with Crippen LogP contribution in [0.15, 0.2) is 0 Å². The molecule has 1 amide bonds. The fourth-order valence-corrected chi connectivity index (χ4v) is 2.87. The molecule has 10 atom stereocenters. The predicted octanol–water partition coefficient (Wildman–Crippen LogP) is -5.25. The Labute approximate surface area is 148 Å². The van der Waals surface area contributed by atoms with Crippen molar-refractivity contribution in [3.05, 3.63) is 0 Å². The van der Waals surface area contributed by atoms with E-state index in [1.807, 2.05) is 0 Å². The standard InChI is InChI=1S/C14H25NO11/c1-4(17)15-7-10(20)9(19)6(25-13(7)23)3-24-14-12(22)11(21)8(18)5(2-16)26-14/h5-14,16,18-23H,2-3H2,1H3,(H,15,17)/t5-,6-,7-,8+,9+,10-,11+,12-,13?,14-/m1/s1. The average molecular weight is 383 g/mol. The van der Waals surface area contributed by atoms with E-state index in [-0.39, 0.29) is 0 Å². The van der Waals surface area contributed by atoms with E-state index in [0.29, 0.717) is 0 Å². The van der Waals surface area contributed by atoms with E-state index < -0.39 is 80.5 Å². The zero-order valence-corrected chi connectivity index (χ0v) is 14.0. The fourth-order valence-electron chi connectivity index (χ4n) is 2.87. The molecule has 2 fully saturated rings. The number of carbonyl (C=O) groups excluding carboxylic acids is 1. The van der Waals surface area contributed by atoms with Crippen LogP contribution in [0, 0.1) is 0 Å². The molecule has 0 aromatic heterocycles. The van der Waals surface area contributed by atoms with E-state index >= 15 is 0 Å². The van der Waals surface area contributed by atoms with Crippen molar-refractivity contribution in [1.29, 1.82) is 0 Å². The third-order valence-electron chi connectivity index (χ3n) is 4.36. The Morgan fingerprint density at radius 2 is 1.54 bits per heavy atom. The Kier molecular flexibility index (Phi) is 7.27. The summed E-state index contributed by atoms with van der Waals surface area (Å²) in [6, 6.07) is -1.24. The van der Waals surface area contributed by atoms with Gasteiger partial charge in [0, 0.05) is 6.92 Å². The molecule has 2 saturated heterocycles. The molecule has 12 nitrogen and oxygen atoms in total. The summed E-state index contributed by atoms with van der Waals surface area (Å²) in [5.41, 5.74) is 0. The van der Waals surface area contributed by atoms with Gasteiger partial charge in [0.1, 0.15) is 48.8 Å². The van der Waals surface area contributed by atoms with Gasteiger partial charge in [0.15, 0.2) is 12.6 Å². The Bertz CT molecular complexity index is 478. The number of aliphatic hydroxyl groups is 7. The number of hydrogen-bond donors (Lipinski definition) is 8. The first kappa shape index (κ1) is 21.4. The first-order chi connectivity index (χ1) is 12.2. The summed E-state index contributed by atoms with van der Waals surface area (Å²) >= 11 is 0. The number of carbonyl (C=O) groups is 1. The molecule has 26 heavy (non-hydrogen) atoms. The smallest absolute Gasteiger partial charge is 0.217 e. The lowest BCUT2D eigenvalue weighted by Gasteiger charge is -2.42. The molecule has 8 N–H and O–H groups in total. The van der Waals surface area contributed by atoms with Crippen LogP contribution in [0.25, 0.3) is 0 Å². The summed E-state index contributed by atoms with van der Waals surface area (Å²) in [4.78, 5) is 11.1. The van der Waals surface area contributed by atoms with E-state index in [2.05, 4.69) is 5.32 Å². The van der Waals surface area contributed by atoms with Gasteiger partial charge in [-0.25, -0.2) is 0 Å². The van der Waals surface area contributed by atoms with Gasteiger partial charge in [0.2, 0.25) is 5.91 Å². The molecule has 0 aromatic carbocycles. The van der Waals surface area contributed by atoms with Gasteiger partial charge < -0.3 is 55.3 Å². The molecule has 0 bridgehead atoms. The van der Waals surface area contributed by atoms with Gasteiger partial charge in [-0.3, -0.25) is 4.79 Å². The fraction of sp³-hybridized carbons (Fsp3) is 0.929. The molecule has 2 heterocycles. The largest absolute Gasteiger partial charge is 0.394 e. The van der Waals surface area contributed by atoms with Crippen molar-refractivity contribution in [1.82, 2.24) is 5.32 Å². The topological polar surface area (TPSA) is 198 Å². The number of rotatable bonds is 5. The first-order valence-electron chi connectivity index (χ1n) is 8.06. The predicted molar refractivity (Wildman–Crippen MR) is 80.2 cm³/mol. The van der Waals surface area contributed by atoms with Gasteiger partial charge in [0.05, 0.1) is 13.2 Å². The Morgan fingerprint density at radius 1 is 0.923 bits per heavy atom. The SMILES string of the molecule is CC(=O)N[C@H]1C(O)O[C@H](CO[C@@H]2O[C@H](CO)[C@H](O)[C@H](O)[C@H]2O)[C@H](O)[C@@H]1O. The number of amides is 1. The maximum absolute atomic E-state index is 11.1. The third-order valence-corrected chi connectivity index (χ3v) is 4.36. The van der Waals surface area contributed by atoms with E-state index in [4.69, 9.17) is 19.3 Å². The molecule has 0 aromatic rings. The van der Waals surface area contributed by atoms with Crippen LogP contribution in [0.1, 0.15) is 6.92 Å². The molecule has 2 rings (SSSR count). The second-order valence-electron chi connectivity index (χ2n) is 6.30. The van der Waals surface area contributed by atoms with Gasteiger partial charge in [-0.1, -0.05) is 0 Å². The molecule has 0 aliphatic carbocycles. The van der Waals surface area contributed by atoms with Crippen molar-refractivity contribution >= 4 is 5.91 Å². The maximum Gasteiger partial charge on any atom is 0.217 e. The highest BCUT2D eigenvalue weighted by atomic mass is 16.7. The molecule has 0 spiro atoms. The first-order valence-corrected chi connectivity index (χ1v) is 8.06. The molecule has 1 unspecified atom stereocenters. The van der Waals surface area contributed by atoms with Crippen LogP contribution in [0.4, 0.5) is 0 Å². The maximum atomic E-state index is 11.1. The Hall–Kier alpha value is -0.930. The van der Waals surface area contributed by atoms with E-state index in [1.54, 1.807) is 0 Å². The average Bonchev–Trinajstić information content (AvgIpc) is 2.59. The Morgan fingerprint density at radius 3 is 2.12 bits per heavy atom. The lowest BCUT2D eigenvalue weighted by atomic mass is 9.97. The van der Waals surface area contributed by atoms with E-state index in [0.717, 1.165) is 0 Å². The van der Waals surface area contributed by atoms with Crippen molar-refractivity contribution < 1.29 is 54.8 Å². The van der Waals surface area contributed by atoms with Gasteiger partial charge in [-0.2, -0.15) is 0 Å². The minimum Gasteiger partial charge on any atom is -0.394 e. The Balaban J connectivity index is 1.95. The van der Waals surface area contributed by atoms with Crippen LogP contribution >= 0.6 is 0 Å². The molecular formula is C14H25NO11.